The molecule has 12 heavy (non-hydrogen) atoms. The summed E-state index contributed by atoms with van der Waals surface area (Å²) in [6.07, 6.45) is 2.00. The van der Waals surface area contributed by atoms with Gasteiger partial charge in [-0.25, -0.2) is 4.98 Å². The predicted octanol–water partition coefficient (Wildman–Crippen LogP) is 2.06. The average molecular weight is 184 g/mol. The molecule has 3 heteroatoms. The minimum atomic E-state index is 0.270. The molecule has 0 aliphatic rings. The summed E-state index contributed by atoms with van der Waals surface area (Å²) >= 11 is 1.63. The van der Waals surface area contributed by atoms with E-state index in [2.05, 4.69) is 24.2 Å². The number of thiazole rings is 1. The van der Waals surface area contributed by atoms with Gasteiger partial charge in [-0.2, -0.15) is 0 Å². The van der Waals surface area contributed by atoms with Gasteiger partial charge in [-0.15, -0.1) is 11.3 Å². The molecule has 2 N–H and O–H groups in total. The molecule has 0 bridgehead atoms. The van der Waals surface area contributed by atoms with Crippen molar-refractivity contribution in [3.63, 3.8) is 0 Å². The lowest BCUT2D eigenvalue weighted by atomic mass is 10.0. The first kappa shape index (κ1) is 9.68. The quantitative estimate of drug-likeness (QED) is 0.778. The molecule has 0 fully saturated rings. The zero-order chi connectivity index (χ0) is 8.97. The maximum absolute atomic E-state index is 5.93. The van der Waals surface area contributed by atoms with Crippen LogP contribution in [0.2, 0.25) is 0 Å². The van der Waals surface area contributed by atoms with Crippen LogP contribution in [0.25, 0.3) is 0 Å². The normalized spacial score (nSPS) is 13.7. The van der Waals surface area contributed by atoms with E-state index in [0.29, 0.717) is 5.92 Å². The average Bonchev–Trinajstić information content (AvgIpc) is 2.37. The van der Waals surface area contributed by atoms with Crippen molar-refractivity contribution in [2.45, 2.75) is 32.7 Å². The van der Waals surface area contributed by atoms with Crippen molar-refractivity contribution >= 4 is 11.3 Å². The summed E-state index contributed by atoms with van der Waals surface area (Å²) in [5, 5.41) is 2.07. The maximum Gasteiger partial charge on any atom is 0.0794 e. The summed E-state index contributed by atoms with van der Waals surface area (Å²) in [5.41, 5.74) is 8.92. The van der Waals surface area contributed by atoms with E-state index in [9.17, 15) is 0 Å². The van der Waals surface area contributed by atoms with Crippen LogP contribution in [0.15, 0.2) is 10.9 Å². The van der Waals surface area contributed by atoms with Crippen LogP contribution in [-0.4, -0.2) is 11.0 Å². The van der Waals surface area contributed by atoms with Crippen molar-refractivity contribution in [2.75, 3.05) is 0 Å². The molecule has 0 saturated carbocycles. The van der Waals surface area contributed by atoms with Gasteiger partial charge in [-0.3, -0.25) is 0 Å². The molecule has 0 spiro atoms. The third kappa shape index (κ3) is 3.32. The number of nitrogens with zero attached hydrogens (tertiary/aromatic N) is 1. The van der Waals surface area contributed by atoms with Gasteiger partial charge >= 0.3 is 0 Å². The van der Waals surface area contributed by atoms with E-state index >= 15 is 0 Å². The Kier molecular flexibility index (Phi) is 3.69. The smallest absolute Gasteiger partial charge is 0.0794 e. The molecule has 0 aliphatic heterocycles. The van der Waals surface area contributed by atoms with Gasteiger partial charge in [0.15, 0.2) is 0 Å². The second-order valence-electron chi connectivity index (χ2n) is 3.57. The molecule has 0 saturated heterocycles. The van der Waals surface area contributed by atoms with Gasteiger partial charge in [-0.05, 0) is 12.3 Å². The summed E-state index contributed by atoms with van der Waals surface area (Å²) in [5.74, 6) is 0.679. The lowest BCUT2D eigenvalue weighted by molar-refractivity contribution is 0.491. The fourth-order valence-electron chi connectivity index (χ4n) is 1.30. The predicted molar refractivity (Wildman–Crippen MR) is 53.2 cm³/mol. The molecule has 0 aromatic carbocycles. The van der Waals surface area contributed by atoms with E-state index in [-0.39, 0.29) is 6.04 Å². The Morgan fingerprint density at radius 3 is 2.83 bits per heavy atom. The number of nitrogens with two attached hydrogens (primary N) is 1. The fraction of sp³-hybridized carbons (Fsp3) is 0.667. The van der Waals surface area contributed by atoms with E-state index in [0.717, 1.165) is 18.5 Å². The molecule has 1 aromatic heterocycles. The molecule has 1 atom stereocenters. The lowest BCUT2D eigenvalue weighted by Gasteiger charge is -2.11. The summed E-state index contributed by atoms with van der Waals surface area (Å²) in [6.45, 7) is 4.39. The molecular formula is C9H16N2S. The Morgan fingerprint density at radius 1 is 1.58 bits per heavy atom. The van der Waals surface area contributed by atoms with Crippen molar-refractivity contribution in [3.05, 3.63) is 16.6 Å². The number of rotatable bonds is 4. The highest BCUT2D eigenvalue weighted by Crippen LogP contribution is 2.09. The van der Waals surface area contributed by atoms with Crippen LogP contribution in [0.4, 0.5) is 0 Å². The molecule has 68 valence electrons. The largest absolute Gasteiger partial charge is 0.327 e. The highest BCUT2D eigenvalue weighted by molar-refractivity contribution is 7.07. The van der Waals surface area contributed by atoms with Crippen LogP contribution in [0.1, 0.15) is 26.0 Å². The molecule has 0 aliphatic carbocycles. The van der Waals surface area contributed by atoms with Crippen molar-refractivity contribution in [3.8, 4) is 0 Å². The monoisotopic (exact) mass is 184 g/mol. The fourth-order valence-corrected chi connectivity index (χ4v) is 1.87. The highest BCUT2D eigenvalue weighted by atomic mass is 32.1. The third-order valence-electron chi connectivity index (χ3n) is 1.73. The van der Waals surface area contributed by atoms with E-state index in [1.165, 1.54) is 0 Å². The van der Waals surface area contributed by atoms with Gasteiger partial charge in [-0.1, -0.05) is 13.8 Å². The van der Waals surface area contributed by atoms with Crippen LogP contribution < -0.4 is 5.73 Å². The molecule has 0 radical (unpaired) electrons. The first-order valence-electron chi connectivity index (χ1n) is 4.31. The van der Waals surface area contributed by atoms with Crippen LogP contribution >= 0.6 is 11.3 Å². The summed E-state index contributed by atoms with van der Waals surface area (Å²) in [4.78, 5) is 4.20. The van der Waals surface area contributed by atoms with Gasteiger partial charge in [0.25, 0.3) is 0 Å². The first-order valence-corrected chi connectivity index (χ1v) is 5.25. The van der Waals surface area contributed by atoms with Gasteiger partial charge in [0.05, 0.1) is 11.2 Å². The Labute approximate surface area is 77.8 Å². The standard InChI is InChI=1S/C9H16N2S/c1-7(2)3-8(10)4-9-5-12-6-11-9/h5-8H,3-4,10H2,1-2H3/t8-/m1/s1. The third-order valence-corrected chi connectivity index (χ3v) is 2.36. The summed E-state index contributed by atoms with van der Waals surface area (Å²) in [6, 6.07) is 0.270. The highest BCUT2D eigenvalue weighted by Gasteiger charge is 2.07. The van der Waals surface area contributed by atoms with Crippen molar-refractivity contribution < 1.29 is 0 Å². The molecule has 1 rings (SSSR count). The molecule has 0 amide bonds. The Morgan fingerprint density at radius 2 is 2.33 bits per heavy atom. The van der Waals surface area contributed by atoms with E-state index in [1.807, 2.05) is 5.51 Å². The van der Waals surface area contributed by atoms with Crippen LogP contribution in [0.3, 0.4) is 0 Å². The summed E-state index contributed by atoms with van der Waals surface area (Å²) < 4.78 is 0. The zero-order valence-electron chi connectivity index (χ0n) is 7.66. The first-order chi connectivity index (χ1) is 5.68. The molecule has 2 nitrogen and oxygen atoms in total. The van der Waals surface area contributed by atoms with Gasteiger partial charge in [0.1, 0.15) is 0 Å². The molecule has 1 heterocycles. The van der Waals surface area contributed by atoms with Crippen molar-refractivity contribution in [1.29, 1.82) is 0 Å². The Balaban J connectivity index is 2.32. The van der Waals surface area contributed by atoms with E-state index in [1.54, 1.807) is 11.3 Å². The Bertz CT molecular complexity index is 206. The van der Waals surface area contributed by atoms with Crippen LogP contribution in [0.5, 0.6) is 0 Å². The van der Waals surface area contributed by atoms with Crippen LogP contribution in [0, 0.1) is 5.92 Å². The van der Waals surface area contributed by atoms with Gasteiger partial charge in [0, 0.05) is 17.8 Å². The number of aromatic nitrogens is 1. The maximum atomic E-state index is 5.93. The molecular weight excluding hydrogens is 168 g/mol. The van der Waals surface area contributed by atoms with E-state index in [4.69, 9.17) is 5.73 Å². The summed E-state index contributed by atoms with van der Waals surface area (Å²) in [7, 11) is 0. The van der Waals surface area contributed by atoms with Gasteiger partial charge < -0.3 is 5.73 Å². The minimum Gasteiger partial charge on any atom is -0.327 e. The second kappa shape index (κ2) is 4.58. The van der Waals surface area contributed by atoms with Gasteiger partial charge in [0.2, 0.25) is 0 Å². The second-order valence-corrected chi connectivity index (χ2v) is 4.29. The molecule has 0 unspecified atom stereocenters. The SMILES string of the molecule is CC(C)C[C@@H](N)Cc1cscn1. The van der Waals surface area contributed by atoms with Crippen molar-refractivity contribution in [1.82, 2.24) is 4.98 Å². The Hall–Kier alpha value is -0.410. The zero-order valence-corrected chi connectivity index (χ0v) is 8.47. The lowest BCUT2D eigenvalue weighted by Crippen LogP contribution is -2.24. The van der Waals surface area contributed by atoms with Crippen LogP contribution in [-0.2, 0) is 6.42 Å². The molecule has 1 aromatic rings. The topological polar surface area (TPSA) is 38.9 Å². The minimum absolute atomic E-state index is 0.270. The number of hydrogen-bond donors (Lipinski definition) is 1. The van der Waals surface area contributed by atoms with E-state index < -0.39 is 0 Å². The van der Waals surface area contributed by atoms with Crippen molar-refractivity contribution in [2.24, 2.45) is 11.7 Å². The number of hydrogen-bond acceptors (Lipinski definition) is 3.